The van der Waals surface area contributed by atoms with Crippen LogP contribution in [0.25, 0.3) is 0 Å². The fourth-order valence-corrected chi connectivity index (χ4v) is 1.67. The first-order chi connectivity index (χ1) is 8.60. The zero-order chi connectivity index (χ0) is 13.1. The van der Waals surface area contributed by atoms with E-state index in [1.807, 2.05) is 0 Å². The molecule has 1 amide bonds. The fourth-order valence-electron chi connectivity index (χ4n) is 1.67. The van der Waals surface area contributed by atoms with E-state index in [-0.39, 0.29) is 17.5 Å². The molecule has 2 rings (SSSR count). The number of hydrogen-bond acceptors (Lipinski definition) is 6. The number of guanidine groups is 1. The van der Waals surface area contributed by atoms with E-state index in [0.29, 0.717) is 18.1 Å². The van der Waals surface area contributed by atoms with Crippen molar-refractivity contribution >= 4 is 12.1 Å². The molecule has 0 radical (unpaired) electrons. The van der Waals surface area contributed by atoms with Crippen molar-refractivity contribution in [1.29, 1.82) is 0 Å². The monoisotopic (exact) mass is 251 g/mol. The van der Waals surface area contributed by atoms with Crippen molar-refractivity contribution in [2.45, 2.75) is 6.04 Å². The second kappa shape index (κ2) is 4.82. The number of methoxy groups -OCH3 is 1. The molecule has 0 aromatic heterocycles. The van der Waals surface area contributed by atoms with Gasteiger partial charge in [-0.2, -0.15) is 0 Å². The minimum absolute atomic E-state index is 0.0110. The van der Waals surface area contributed by atoms with Crippen LogP contribution in [0.1, 0.15) is 11.6 Å². The van der Waals surface area contributed by atoms with E-state index in [2.05, 4.69) is 20.4 Å². The Morgan fingerprint density at radius 1 is 1.56 bits per heavy atom. The number of nitrogens with one attached hydrogen (secondary N) is 2. The highest BCUT2D eigenvalue weighted by Gasteiger charge is 2.23. The fraction of sp³-hybridized carbons (Fsp3) is 0.273. The zero-order valence-electron chi connectivity index (χ0n) is 9.67. The van der Waals surface area contributed by atoms with Crippen LogP contribution in [-0.2, 0) is 4.74 Å². The van der Waals surface area contributed by atoms with Crippen LogP contribution in [-0.4, -0.2) is 35.9 Å². The Morgan fingerprint density at radius 2 is 2.33 bits per heavy atom. The van der Waals surface area contributed by atoms with Crippen molar-refractivity contribution in [2.24, 2.45) is 4.99 Å². The molecule has 0 saturated heterocycles. The van der Waals surface area contributed by atoms with Crippen LogP contribution >= 0.6 is 0 Å². The number of carbonyl (C=O) groups is 1. The summed E-state index contributed by atoms with van der Waals surface area (Å²) in [5.74, 6) is 0.254. The molecule has 18 heavy (non-hydrogen) atoms. The number of aromatic hydroxyl groups is 2. The number of carbonyl (C=O) groups excluding carboxylic acids is 1. The Kier molecular flexibility index (Phi) is 3.22. The number of hydrogen-bond donors (Lipinski definition) is 4. The first-order valence-electron chi connectivity index (χ1n) is 5.28. The minimum Gasteiger partial charge on any atom is -0.508 e. The van der Waals surface area contributed by atoms with Crippen molar-refractivity contribution in [1.82, 2.24) is 10.6 Å². The maximum Gasteiger partial charge on any atom is 0.413 e. The lowest BCUT2D eigenvalue weighted by Crippen LogP contribution is -2.39. The molecule has 4 N–H and O–H groups in total. The molecule has 1 atom stereocenters. The maximum atomic E-state index is 11.0. The summed E-state index contributed by atoms with van der Waals surface area (Å²) >= 11 is 0. The largest absolute Gasteiger partial charge is 0.508 e. The second-order valence-electron chi connectivity index (χ2n) is 3.75. The first kappa shape index (κ1) is 12.0. The van der Waals surface area contributed by atoms with Crippen LogP contribution in [0.3, 0.4) is 0 Å². The van der Waals surface area contributed by atoms with E-state index in [0.717, 1.165) is 0 Å². The molecule has 96 valence electrons. The lowest BCUT2D eigenvalue weighted by Gasteiger charge is -2.13. The Morgan fingerprint density at radius 3 is 3.00 bits per heavy atom. The summed E-state index contributed by atoms with van der Waals surface area (Å²) in [7, 11) is 1.26. The van der Waals surface area contributed by atoms with Crippen molar-refractivity contribution in [3.05, 3.63) is 23.8 Å². The molecule has 0 fully saturated rings. The number of ether oxygens (including phenoxy) is 1. The number of amides is 1. The highest BCUT2D eigenvalue weighted by atomic mass is 16.5. The summed E-state index contributed by atoms with van der Waals surface area (Å²) in [5, 5.41) is 24.2. The summed E-state index contributed by atoms with van der Waals surface area (Å²) < 4.78 is 4.44. The van der Waals surface area contributed by atoms with Crippen molar-refractivity contribution in [3.63, 3.8) is 0 Å². The first-order valence-corrected chi connectivity index (χ1v) is 5.28. The van der Waals surface area contributed by atoms with Crippen LogP contribution in [0.15, 0.2) is 23.2 Å². The van der Waals surface area contributed by atoms with Crippen LogP contribution in [0.4, 0.5) is 4.79 Å². The number of nitrogens with zero attached hydrogens (tertiary/aromatic N) is 1. The highest BCUT2D eigenvalue weighted by molar-refractivity contribution is 5.95. The van der Waals surface area contributed by atoms with Gasteiger partial charge in [-0.3, -0.25) is 10.3 Å². The molecule has 1 heterocycles. The average Bonchev–Trinajstić information content (AvgIpc) is 2.77. The quantitative estimate of drug-likeness (QED) is 0.580. The van der Waals surface area contributed by atoms with E-state index >= 15 is 0 Å². The van der Waals surface area contributed by atoms with Gasteiger partial charge in [-0.15, -0.1) is 0 Å². The molecule has 0 bridgehead atoms. The predicted octanol–water partition coefficient (Wildman–Crippen LogP) is 0.454. The Bertz CT molecular complexity index is 501. The van der Waals surface area contributed by atoms with E-state index in [1.165, 1.54) is 19.2 Å². The third-order valence-electron chi connectivity index (χ3n) is 2.54. The predicted molar refractivity (Wildman–Crippen MR) is 63.5 cm³/mol. The van der Waals surface area contributed by atoms with Crippen LogP contribution in [0.5, 0.6) is 11.5 Å². The van der Waals surface area contributed by atoms with Gasteiger partial charge in [-0.05, 0) is 12.1 Å². The van der Waals surface area contributed by atoms with Crippen LogP contribution in [0, 0.1) is 0 Å². The zero-order valence-corrected chi connectivity index (χ0v) is 9.67. The summed E-state index contributed by atoms with van der Waals surface area (Å²) in [6, 6.07) is 4.07. The standard InChI is InChI=1S/C11H13N3O4/c1-18-11(17)14-10-12-5-8(13-10)7-3-2-6(15)4-9(7)16/h2-4,8,15-16H,5H2,1H3,(H2,12,13,14,17). The molecule has 0 spiro atoms. The van der Waals surface area contributed by atoms with E-state index in [4.69, 9.17) is 0 Å². The van der Waals surface area contributed by atoms with Gasteiger partial charge in [0, 0.05) is 11.6 Å². The van der Waals surface area contributed by atoms with E-state index in [9.17, 15) is 15.0 Å². The van der Waals surface area contributed by atoms with Gasteiger partial charge in [0.15, 0.2) is 0 Å². The topological polar surface area (TPSA) is 103 Å². The van der Waals surface area contributed by atoms with Gasteiger partial charge in [-0.1, -0.05) is 0 Å². The summed E-state index contributed by atoms with van der Waals surface area (Å²) in [6.07, 6.45) is -0.614. The Labute approximate surface area is 103 Å². The Balaban J connectivity index is 2.04. The Hall–Kier alpha value is -2.44. The molecular weight excluding hydrogens is 238 g/mol. The number of phenols is 2. The number of benzene rings is 1. The summed E-state index contributed by atoms with van der Waals surface area (Å²) in [5.41, 5.74) is 0.596. The molecule has 1 aromatic carbocycles. The molecule has 1 aromatic rings. The van der Waals surface area contributed by atoms with Crippen molar-refractivity contribution < 1.29 is 19.7 Å². The number of rotatable bonds is 1. The van der Waals surface area contributed by atoms with Crippen LogP contribution in [0.2, 0.25) is 0 Å². The van der Waals surface area contributed by atoms with Crippen LogP contribution < -0.4 is 10.6 Å². The average molecular weight is 251 g/mol. The molecular formula is C11H13N3O4. The van der Waals surface area contributed by atoms with Gasteiger partial charge in [-0.25, -0.2) is 4.79 Å². The lowest BCUT2D eigenvalue weighted by molar-refractivity contribution is 0.176. The number of aliphatic imine (C=N–C) groups is 1. The normalized spacial score (nSPS) is 17.8. The third-order valence-corrected chi connectivity index (χ3v) is 2.54. The smallest absolute Gasteiger partial charge is 0.413 e. The number of phenolic OH excluding ortho intramolecular Hbond substituents is 2. The van der Waals surface area contributed by atoms with Crippen molar-refractivity contribution in [3.8, 4) is 11.5 Å². The van der Waals surface area contributed by atoms with Gasteiger partial charge >= 0.3 is 6.09 Å². The molecule has 7 nitrogen and oxygen atoms in total. The molecule has 0 saturated carbocycles. The van der Waals surface area contributed by atoms with Gasteiger partial charge in [0.05, 0.1) is 19.7 Å². The third kappa shape index (κ3) is 2.45. The highest BCUT2D eigenvalue weighted by Crippen LogP contribution is 2.29. The molecule has 1 unspecified atom stereocenters. The molecule has 1 aliphatic rings. The SMILES string of the molecule is COC(=O)NC1=NCC(c2ccc(O)cc2O)N1. The number of alkyl carbamates (subject to hydrolysis) is 1. The van der Waals surface area contributed by atoms with E-state index in [1.54, 1.807) is 6.07 Å². The molecule has 7 heteroatoms. The lowest BCUT2D eigenvalue weighted by atomic mass is 10.1. The van der Waals surface area contributed by atoms with E-state index < -0.39 is 6.09 Å². The summed E-state index contributed by atoms with van der Waals surface area (Å²) in [4.78, 5) is 15.1. The molecule has 0 aliphatic carbocycles. The second-order valence-corrected chi connectivity index (χ2v) is 3.75. The van der Waals surface area contributed by atoms with Gasteiger partial charge in [0.1, 0.15) is 11.5 Å². The molecule has 1 aliphatic heterocycles. The summed E-state index contributed by atoms with van der Waals surface area (Å²) in [6.45, 7) is 0.373. The van der Waals surface area contributed by atoms with Gasteiger partial charge in [0.2, 0.25) is 5.96 Å². The van der Waals surface area contributed by atoms with Gasteiger partial charge < -0.3 is 20.3 Å². The van der Waals surface area contributed by atoms with Gasteiger partial charge in [0.25, 0.3) is 0 Å². The minimum atomic E-state index is -0.614. The van der Waals surface area contributed by atoms with Crippen molar-refractivity contribution in [2.75, 3.05) is 13.7 Å². The maximum absolute atomic E-state index is 11.0.